The van der Waals surface area contributed by atoms with Crippen molar-refractivity contribution >= 4 is 61.5 Å². The maximum absolute atomic E-state index is 13.1. The van der Waals surface area contributed by atoms with Crippen LogP contribution in [0.15, 0.2) is 50.1 Å². The summed E-state index contributed by atoms with van der Waals surface area (Å²) in [5.41, 5.74) is 5.96. The topological polar surface area (TPSA) is 97.5 Å². The van der Waals surface area contributed by atoms with Crippen LogP contribution in [-0.4, -0.2) is 58.7 Å². The third-order valence-electron chi connectivity index (χ3n) is 6.94. The number of nitrogens with one attached hydrogen (secondary N) is 3. The molecule has 0 bridgehead atoms. The molecule has 1 aliphatic rings. The molecule has 1 aromatic carbocycles. The van der Waals surface area contributed by atoms with Gasteiger partial charge in [0.25, 0.3) is 11.8 Å². The predicted molar refractivity (Wildman–Crippen MR) is 177 cm³/mol. The molecule has 0 radical (unpaired) electrons. The number of hydrogen-bond donors (Lipinski definition) is 4. The molecule has 1 aromatic heterocycles. The number of benzene rings is 1. The number of aromatic hydroxyl groups is 1. The summed E-state index contributed by atoms with van der Waals surface area (Å²) in [5.74, 6) is 1.45. The molecule has 10 heteroatoms. The number of phenols is 1. The van der Waals surface area contributed by atoms with Gasteiger partial charge in [0.2, 0.25) is 0 Å². The highest BCUT2D eigenvalue weighted by atomic mass is 79.9. The Morgan fingerprint density at radius 3 is 2.54 bits per heavy atom. The molecule has 2 aromatic rings. The first-order chi connectivity index (χ1) is 19.5. The van der Waals surface area contributed by atoms with E-state index in [9.17, 15) is 14.7 Å². The van der Waals surface area contributed by atoms with E-state index < -0.39 is 0 Å². The van der Waals surface area contributed by atoms with Crippen molar-refractivity contribution in [2.24, 2.45) is 5.92 Å². The number of thioether (sulfide) groups is 1. The van der Waals surface area contributed by atoms with E-state index in [1.165, 1.54) is 0 Å². The number of H-pyrrole nitrogens is 1. The van der Waals surface area contributed by atoms with E-state index >= 15 is 0 Å². The number of halogens is 2. The molecule has 222 valence electrons. The number of hydrogen-bond acceptors (Lipinski definition) is 5. The van der Waals surface area contributed by atoms with Crippen molar-refractivity contribution in [2.45, 2.75) is 47.3 Å². The molecule has 1 saturated heterocycles. The lowest BCUT2D eigenvalue weighted by atomic mass is 10.0. The zero-order valence-corrected chi connectivity index (χ0v) is 28.6. The number of aromatic amines is 1. The molecule has 3 rings (SSSR count). The van der Waals surface area contributed by atoms with Crippen LogP contribution in [0.3, 0.4) is 0 Å². The number of nitrogens with zero attached hydrogens (tertiary/aromatic N) is 1. The van der Waals surface area contributed by atoms with Gasteiger partial charge in [-0.15, -0.1) is 0 Å². The fourth-order valence-corrected chi connectivity index (χ4v) is 6.91. The number of carbonyl (C=O) groups is 2. The summed E-state index contributed by atoms with van der Waals surface area (Å²) in [6.45, 7) is 15.4. The summed E-state index contributed by atoms with van der Waals surface area (Å²) >= 11 is 8.51. The largest absolute Gasteiger partial charge is 0.506 e. The zero-order chi connectivity index (χ0) is 30.3. The summed E-state index contributed by atoms with van der Waals surface area (Å²) in [6.07, 6.45) is 5.95. The van der Waals surface area contributed by atoms with Crippen LogP contribution in [0.1, 0.15) is 60.6 Å². The van der Waals surface area contributed by atoms with Gasteiger partial charge >= 0.3 is 0 Å². The molecule has 41 heavy (non-hydrogen) atoms. The van der Waals surface area contributed by atoms with Gasteiger partial charge in [-0.1, -0.05) is 55.8 Å². The molecule has 4 N–H and O–H groups in total. The lowest BCUT2D eigenvalue weighted by Gasteiger charge is -2.18. The van der Waals surface area contributed by atoms with Crippen LogP contribution in [0.2, 0.25) is 0 Å². The van der Waals surface area contributed by atoms with Gasteiger partial charge < -0.3 is 25.6 Å². The maximum atomic E-state index is 13.1. The minimum absolute atomic E-state index is 0.112. The van der Waals surface area contributed by atoms with E-state index in [2.05, 4.69) is 86.1 Å². The average molecular weight is 709 g/mol. The summed E-state index contributed by atoms with van der Waals surface area (Å²) in [7, 11) is 0. The Morgan fingerprint density at radius 2 is 1.88 bits per heavy atom. The maximum Gasteiger partial charge on any atom is 0.256 e. The molecule has 1 fully saturated rings. The highest BCUT2D eigenvalue weighted by Crippen LogP contribution is 2.35. The van der Waals surface area contributed by atoms with Crippen molar-refractivity contribution < 1.29 is 14.7 Å². The van der Waals surface area contributed by atoms with E-state index in [0.717, 1.165) is 57.9 Å². The van der Waals surface area contributed by atoms with E-state index in [4.69, 9.17) is 0 Å². The summed E-state index contributed by atoms with van der Waals surface area (Å²) in [4.78, 5) is 31.8. The van der Waals surface area contributed by atoms with Crippen LogP contribution in [-0.2, 0) is 10.5 Å². The van der Waals surface area contributed by atoms with E-state index in [1.54, 1.807) is 11.8 Å². The number of likely N-dealkylation sites (N-methyl/N-ethyl adjacent to an activating group) is 1. The highest BCUT2D eigenvalue weighted by Gasteiger charge is 2.28. The number of aryl methyl sites for hydroxylation is 1. The standard InChI is InChI=1S/C31H40Br2N4O3S/c1-7-37(8-2)11-10-34-31(40)28-19(5)26(35-20(28)6)16-24-23(27(13-18(3)4)36-30(24)39)9-12-41-17-21-14-22(32)15-25(33)29(21)38/h9,13-16,18,35,38H,7-8,10-12,17H2,1-6H3,(H,34,40)(H,36,39)/b23-9-,24-16-,27-13+. The van der Waals surface area contributed by atoms with E-state index in [1.807, 2.05) is 38.1 Å². The summed E-state index contributed by atoms with van der Waals surface area (Å²) in [6, 6.07) is 3.72. The van der Waals surface area contributed by atoms with Crippen LogP contribution in [0.5, 0.6) is 5.75 Å². The summed E-state index contributed by atoms with van der Waals surface area (Å²) in [5, 5.41) is 16.5. The second-order valence-corrected chi connectivity index (χ2v) is 13.1. The minimum Gasteiger partial charge on any atom is -0.506 e. The molecule has 7 nitrogen and oxygen atoms in total. The van der Waals surface area contributed by atoms with E-state index in [-0.39, 0.29) is 23.5 Å². The van der Waals surface area contributed by atoms with Gasteiger partial charge in [0.05, 0.1) is 15.6 Å². The van der Waals surface area contributed by atoms with Crippen LogP contribution in [0.25, 0.3) is 6.08 Å². The Kier molecular flexibility index (Phi) is 12.4. The van der Waals surface area contributed by atoms with Crippen LogP contribution in [0, 0.1) is 19.8 Å². The Bertz CT molecular complexity index is 1370. The monoisotopic (exact) mass is 706 g/mol. The van der Waals surface area contributed by atoms with Gasteiger partial charge in [-0.2, -0.15) is 11.8 Å². The second kappa shape index (κ2) is 15.3. The van der Waals surface area contributed by atoms with Gasteiger partial charge in [0.15, 0.2) is 0 Å². The highest BCUT2D eigenvalue weighted by molar-refractivity contribution is 9.11. The number of phenolic OH excluding ortho intramolecular Hbond substituents is 1. The van der Waals surface area contributed by atoms with Crippen LogP contribution < -0.4 is 10.6 Å². The number of aromatic nitrogens is 1. The molecule has 0 aliphatic carbocycles. The van der Waals surface area contributed by atoms with Crippen LogP contribution >= 0.6 is 43.6 Å². The molecular formula is C31H40Br2N4O3S. The van der Waals surface area contributed by atoms with Gasteiger partial charge in [0, 0.05) is 57.3 Å². The number of amides is 2. The minimum atomic E-state index is -0.168. The van der Waals surface area contributed by atoms with Crippen molar-refractivity contribution in [1.82, 2.24) is 20.5 Å². The van der Waals surface area contributed by atoms with Gasteiger partial charge in [-0.05, 0) is 72.6 Å². The quantitative estimate of drug-likeness (QED) is 0.143. The molecular weight excluding hydrogens is 668 g/mol. The third kappa shape index (κ3) is 8.63. The first-order valence-electron chi connectivity index (χ1n) is 13.9. The van der Waals surface area contributed by atoms with Crippen molar-refractivity contribution in [2.75, 3.05) is 31.9 Å². The Balaban J connectivity index is 1.85. The normalized spacial score (nSPS) is 16.5. The molecule has 0 saturated carbocycles. The second-order valence-electron chi connectivity index (χ2n) is 10.3. The van der Waals surface area contributed by atoms with Crippen LogP contribution in [0.4, 0.5) is 0 Å². The zero-order valence-electron chi connectivity index (χ0n) is 24.6. The van der Waals surface area contributed by atoms with Gasteiger partial charge in [-0.25, -0.2) is 0 Å². The van der Waals surface area contributed by atoms with Crippen molar-refractivity contribution in [3.8, 4) is 5.75 Å². The van der Waals surface area contributed by atoms with E-state index in [0.29, 0.717) is 33.7 Å². The van der Waals surface area contributed by atoms with Gasteiger partial charge in [-0.3, -0.25) is 9.59 Å². The smallest absolute Gasteiger partial charge is 0.256 e. The first-order valence-corrected chi connectivity index (χ1v) is 16.6. The average Bonchev–Trinajstić information content (AvgIpc) is 3.35. The molecule has 0 spiro atoms. The fourth-order valence-electron chi connectivity index (χ4n) is 4.75. The molecule has 2 heterocycles. The predicted octanol–water partition coefficient (Wildman–Crippen LogP) is 6.85. The van der Waals surface area contributed by atoms with Crippen molar-refractivity contribution in [3.63, 3.8) is 0 Å². The first kappa shape index (κ1) is 33.2. The number of rotatable bonds is 12. The Hall–Kier alpha value is -2.27. The SMILES string of the molecule is CCN(CC)CCNC(=O)c1c(C)[nH]c(\C=C2/C(=O)NC(=C/C(C)C)/C2=C\CSCc2cc(Br)cc(Br)c2O)c1C. The van der Waals surface area contributed by atoms with Crippen molar-refractivity contribution in [1.29, 1.82) is 0 Å². The molecule has 0 unspecified atom stereocenters. The van der Waals surface area contributed by atoms with Crippen molar-refractivity contribution in [3.05, 3.63) is 78.2 Å². The Morgan fingerprint density at radius 1 is 1.17 bits per heavy atom. The fraction of sp³-hybridized carbons (Fsp3) is 0.419. The molecule has 0 atom stereocenters. The lowest BCUT2D eigenvalue weighted by Crippen LogP contribution is -2.35. The molecule has 1 aliphatic heterocycles. The molecule has 2 amide bonds. The lowest BCUT2D eigenvalue weighted by molar-refractivity contribution is -0.115. The Labute approximate surface area is 264 Å². The third-order valence-corrected chi connectivity index (χ3v) is 8.92. The number of carbonyl (C=O) groups excluding carboxylic acids is 2. The number of allylic oxidation sites excluding steroid dienone is 2. The summed E-state index contributed by atoms with van der Waals surface area (Å²) < 4.78 is 1.54. The van der Waals surface area contributed by atoms with Gasteiger partial charge in [0.1, 0.15) is 5.75 Å².